The third-order valence-electron chi connectivity index (χ3n) is 3.68. The molecular formula is C14H22BrNO3S. The van der Waals surface area contributed by atoms with Crippen LogP contribution in [0.2, 0.25) is 0 Å². The van der Waals surface area contributed by atoms with Gasteiger partial charge in [-0.1, -0.05) is 29.8 Å². The summed E-state index contributed by atoms with van der Waals surface area (Å²) in [6, 6.07) is 5.71. The van der Waals surface area contributed by atoms with E-state index in [0.29, 0.717) is 19.4 Å². The molecule has 114 valence electrons. The smallest absolute Gasteiger partial charge is 0.209 e. The van der Waals surface area contributed by atoms with E-state index < -0.39 is 15.4 Å². The first-order valence-electron chi connectivity index (χ1n) is 6.61. The molecule has 0 aliphatic heterocycles. The van der Waals surface area contributed by atoms with E-state index in [2.05, 4.69) is 15.9 Å². The van der Waals surface area contributed by atoms with Crippen LogP contribution in [0.25, 0.3) is 0 Å². The van der Waals surface area contributed by atoms with Gasteiger partial charge < -0.3 is 4.74 Å². The lowest BCUT2D eigenvalue weighted by atomic mass is 9.85. The lowest BCUT2D eigenvalue weighted by Gasteiger charge is -2.30. The zero-order valence-electron chi connectivity index (χ0n) is 12.1. The Kier molecular flexibility index (Phi) is 6.04. The molecule has 0 spiro atoms. The van der Waals surface area contributed by atoms with Crippen molar-refractivity contribution in [3.8, 4) is 5.75 Å². The minimum Gasteiger partial charge on any atom is -0.493 e. The van der Waals surface area contributed by atoms with E-state index in [9.17, 15) is 8.42 Å². The van der Waals surface area contributed by atoms with Gasteiger partial charge in [0, 0.05) is 9.89 Å². The highest BCUT2D eigenvalue weighted by Gasteiger charge is 2.32. The summed E-state index contributed by atoms with van der Waals surface area (Å²) in [5.74, 6) is 0.689. The van der Waals surface area contributed by atoms with Gasteiger partial charge in [-0.15, -0.1) is 0 Å². The van der Waals surface area contributed by atoms with E-state index in [1.54, 1.807) is 0 Å². The van der Waals surface area contributed by atoms with Crippen molar-refractivity contribution >= 4 is 26.0 Å². The van der Waals surface area contributed by atoms with Crippen molar-refractivity contribution in [1.29, 1.82) is 0 Å². The Labute approximate surface area is 129 Å². The molecule has 1 rings (SSSR count). The second kappa shape index (κ2) is 6.91. The van der Waals surface area contributed by atoms with E-state index in [1.807, 2.05) is 39.0 Å². The van der Waals surface area contributed by atoms with Gasteiger partial charge >= 0.3 is 0 Å². The fourth-order valence-corrected chi connectivity index (χ4v) is 3.66. The fraction of sp³-hybridized carbons (Fsp3) is 0.571. The number of aryl methyl sites for hydroxylation is 1. The second-order valence-electron chi connectivity index (χ2n) is 5.21. The maximum Gasteiger partial charge on any atom is 0.209 e. The highest BCUT2D eigenvalue weighted by Crippen LogP contribution is 2.30. The number of nitrogens with two attached hydrogens (primary N) is 1. The maximum atomic E-state index is 11.4. The van der Waals surface area contributed by atoms with Crippen molar-refractivity contribution in [2.24, 2.45) is 10.6 Å². The van der Waals surface area contributed by atoms with Gasteiger partial charge in [-0.05, 0) is 43.5 Å². The summed E-state index contributed by atoms with van der Waals surface area (Å²) in [5.41, 5.74) is 0.640. The number of primary sulfonamides is 1. The molecule has 0 aliphatic rings. The van der Waals surface area contributed by atoms with Crippen LogP contribution in [-0.4, -0.2) is 20.8 Å². The van der Waals surface area contributed by atoms with E-state index in [1.165, 1.54) is 0 Å². The van der Waals surface area contributed by atoms with Gasteiger partial charge in [0.05, 0.1) is 12.4 Å². The van der Waals surface area contributed by atoms with E-state index in [-0.39, 0.29) is 5.75 Å². The van der Waals surface area contributed by atoms with Crippen LogP contribution in [-0.2, 0) is 10.0 Å². The van der Waals surface area contributed by atoms with Crippen molar-refractivity contribution < 1.29 is 13.2 Å². The summed E-state index contributed by atoms with van der Waals surface area (Å²) in [5, 5.41) is 5.20. The molecule has 1 aromatic rings. The van der Waals surface area contributed by atoms with Crippen molar-refractivity contribution in [1.82, 2.24) is 0 Å². The standard InChI is InChI=1S/C14H22BrNO3S/c1-4-14(5-2,10-20(16,17)18)9-19-12-6-7-13(15)11(3)8-12/h6-8H,4-5,9-10H2,1-3H3,(H2,16,17,18). The van der Waals surface area contributed by atoms with Crippen molar-refractivity contribution in [2.45, 2.75) is 33.6 Å². The third kappa shape index (κ3) is 5.07. The lowest BCUT2D eigenvalue weighted by Crippen LogP contribution is -2.37. The van der Waals surface area contributed by atoms with E-state index >= 15 is 0 Å². The van der Waals surface area contributed by atoms with Gasteiger partial charge in [0.15, 0.2) is 0 Å². The molecule has 1 aromatic carbocycles. The normalized spacial score (nSPS) is 12.4. The van der Waals surface area contributed by atoms with E-state index in [0.717, 1.165) is 15.8 Å². The molecule has 0 bridgehead atoms. The average molecular weight is 364 g/mol. The summed E-state index contributed by atoms with van der Waals surface area (Å²) >= 11 is 3.44. The number of halogens is 1. The third-order valence-corrected chi connectivity index (χ3v) is 5.59. The molecule has 20 heavy (non-hydrogen) atoms. The first-order chi connectivity index (χ1) is 9.21. The molecule has 0 unspecified atom stereocenters. The predicted octanol–water partition coefficient (Wildman–Crippen LogP) is 3.23. The second-order valence-corrected chi connectivity index (χ2v) is 7.68. The molecule has 0 aliphatic carbocycles. The highest BCUT2D eigenvalue weighted by atomic mass is 79.9. The fourth-order valence-electron chi connectivity index (χ4n) is 2.07. The molecule has 0 fully saturated rings. The predicted molar refractivity (Wildman–Crippen MR) is 85.4 cm³/mol. The maximum absolute atomic E-state index is 11.4. The number of rotatable bonds is 7. The van der Waals surface area contributed by atoms with Gasteiger partial charge in [-0.3, -0.25) is 0 Å². The SMILES string of the molecule is CCC(CC)(COc1ccc(Br)c(C)c1)CS(N)(=O)=O. The minimum absolute atomic E-state index is 0.0531. The molecule has 0 aromatic heterocycles. The number of sulfonamides is 1. The van der Waals surface area contributed by atoms with Crippen LogP contribution in [0, 0.1) is 12.3 Å². The average Bonchev–Trinajstić information content (AvgIpc) is 2.37. The zero-order chi connectivity index (χ0) is 15.4. The van der Waals surface area contributed by atoms with Crippen LogP contribution in [0.4, 0.5) is 0 Å². The van der Waals surface area contributed by atoms with Gasteiger partial charge in [-0.25, -0.2) is 13.6 Å². The summed E-state index contributed by atoms with van der Waals surface area (Å²) in [6.07, 6.45) is 1.41. The molecule has 0 atom stereocenters. The molecule has 0 saturated heterocycles. The summed E-state index contributed by atoms with van der Waals surface area (Å²) < 4.78 is 29.6. The van der Waals surface area contributed by atoms with Gasteiger partial charge in [0.1, 0.15) is 5.75 Å². The Morgan fingerprint density at radius 2 is 1.90 bits per heavy atom. The number of hydrogen-bond acceptors (Lipinski definition) is 3. The summed E-state index contributed by atoms with van der Waals surface area (Å²) in [7, 11) is -3.51. The van der Waals surface area contributed by atoms with E-state index in [4.69, 9.17) is 9.88 Å². The molecule has 0 amide bonds. The number of ether oxygens (including phenoxy) is 1. The van der Waals surface area contributed by atoms with Crippen molar-refractivity contribution in [3.05, 3.63) is 28.2 Å². The Bertz CT molecular complexity index is 554. The quantitative estimate of drug-likeness (QED) is 0.808. The molecule has 0 radical (unpaired) electrons. The summed E-state index contributed by atoms with van der Waals surface area (Å²) in [4.78, 5) is 0. The molecule has 0 heterocycles. The molecular weight excluding hydrogens is 342 g/mol. The number of benzene rings is 1. The van der Waals surface area contributed by atoms with Crippen LogP contribution < -0.4 is 9.88 Å². The zero-order valence-corrected chi connectivity index (χ0v) is 14.6. The van der Waals surface area contributed by atoms with Crippen LogP contribution >= 0.6 is 15.9 Å². The van der Waals surface area contributed by atoms with Crippen LogP contribution in [0.5, 0.6) is 5.75 Å². The molecule has 2 N–H and O–H groups in total. The van der Waals surface area contributed by atoms with Crippen molar-refractivity contribution in [2.75, 3.05) is 12.4 Å². The first kappa shape index (κ1) is 17.5. The summed E-state index contributed by atoms with van der Waals surface area (Å²) in [6.45, 7) is 6.25. The molecule has 6 heteroatoms. The minimum atomic E-state index is -3.51. The largest absolute Gasteiger partial charge is 0.493 e. The van der Waals surface area contributed by atoms with Crippen LogP contribution in [0.3, 0.4) is 0 Å². The Morgan fingerprint density at radius 3 is 2.35 bits per heavy atom. The monoisotopic (exact) mass is 363 g/mol. The molecule has 4 nitrogen and oxygen atoms in total. The van der Waals surface area contributed by atoms with Crippen LogP contribution in [0.1, 0.15) is 32.3 Å². The van der Waals surface area contributed by atoms with Gasteiger partial charge in [0.2, 0.25) is 10.0 Å². The Balaban J connectivity index is 2.83. The Hall–Kier alpha value is -0.590. The Morgan fingerprint density at radius 1 is 1.30 bits per heavy atom. The molecule has 0 saturated carbocycles. The number of hydrogen-bond donors (Lipinski definition) is 1. The first-order valence-corrected chi connectivity index (χ1v) is 9.11. The van der Waals surface area contributed by atoms with Crippen LogP contribution in [0.15, 0.2) is 22.7 Å². The van der Waals surface area contributed by atoms with Crippen molar-refractivity contribution in [3.63, 3.8) is 0 Å². The van der Waals surface area contributed by atoms with Gasteiger partial charge in [0.25, 0.3) is 0 Å². The van der Waals surface area contributed by atoms with Gasteiger partial charge in [-0.2, -0.15) is 0 Å². The lowest BCUT2D eigenvalue weighted by molar-refractivity contribution is 0.154. The topological polar surface area (TPSA) is 69.4 Å². The highest BCUT2D eigenvalue weighted by molar-refractivity contribution is 9.10.